The fourth-order valence-electron chi connectivity index (χ4n) is 4.16. The number of rotatable bonds is 7. The lowest BCUT2D eigenvalue weighted by Crippen LogP contribution is -2.23. The van der Waals surface area contributed by atoms with Crippen LogP contribution in [0.15, 0.2) is 47.5 Å². The first-order valence-corrected chi connectivity index (χ1v) is 11.8. The topological polar surface area (TPSA) is 105 Å². The Labute approximate surface area is 181 Å². The van der Waals surface area contributed by atoms with Crippen molar-refractivity contribution in [3.8, 4) is 0 Å². The molecule has 0 aliphatic carbocycles. The fraction of sp³-hybridized carbons (Fsp3) is 0.364. The Morgan fingerprint density at radius 3 is 2.65 bits per heavy atom. The number of carbonyl (C=O) groups is 1. The van der Waals surface area contributed by atoms with Gasteiger partial charge in [0.15, 0.2) is 0 Å². The van der Waals surface area contributed by atoms with Crippen LogP contribution in [0.1, 0.15) is 25.5 Å². The molecule has 1 fully saturated rings. The third-order valence-corrected chi connectivity index (χ3v) is 7.28. The van der Waals surface area contributed by atoms with E-state index >= 15 is 0 Å². The zero-order chi connectivity index (χ0) is 22.2. The molecule has 0 spiro atoms. The lowest BCUT2D eigenvalue weighted by molar-refractivity contribution is -0.140. The van der Waals surface area contributed by atoms with E-state index in [1.807, 2.05) is 37.3 Å². The van der Waals surface area contributed by atoms with E-state index in [4.69, 9.17) is 0 Å². The van der Waals surface area contributed by atoms with Crippen molar-refractivity contribution < 1.29 is 18.3 Å². The molecule has 164 valence electrons. The maximum Gasteiger partial charge on any atom is 0.308 e. The van der Waals surface area contributed by atoms with E-state index in [-0.39, 0.29) is 10.8 Å². The Kier molecular flexibility index (Phi) is 5.62. The van der Waals surface area contributed by atoms with Crippen LogP contribution >= 0.6 is 0 Å². The van der Waals surface area contributed by atoms with Gasteiger partial charge < -0.3 is 10.0 Å². The van der Waals surface area contributed by atoms with Crippen molar-refractivity contribution in [3.63, 3.8) is 0 Å². The average Bonchev–Trinajstić information content (AvgIpc) is 3.36. The van der Waals surface area contributed by atoms with Crippen LogP contribution in [0.4, 0.5) is 11.4 Å². The van der Waals surface area contributed by atoms with Gasteiger partial charge in [-0.05, 0) is 31.9 Å². The highest BCUT2D eigenvalue weighted by Crippen LogP contribution is 2.36. The molecule has 4 rings (SSSR count). The lowest BCUT2D eigenvalue weighted by atomic mass is 10.1. The summed E-state index contributed by atoms with van der Waals surface area (Å²) in [6.45, 7) is 5.53. The molecule has 0 amide bonds. The van der Waals surface area contributed by atoms with E-state index < -0.39 is 16.0 Å². The van der Waals surface area contributed by atoms with Gasteiger partial charge in [0.1, 0.15) is 4.90 Å². The van der Waals surface area contributed by atoms with Crippen molar-refractivity contribution in [2.75, 3.05) is 22.7 Å². The highest BCUT2D eigenvalue weighted by Gasteiger charge is 2.29. The number of carboxylic acids is 1. The van der Waals surface area contributed by atoms with E-state index in [2.05, 4.69) is 14.7 Å². The molecule has 1 saturated heterocycles. The smallest absolute Gasteiger partial charge is 0.308 e. The maximum atomic E-state index is 13.1. The Hall–Kier alpha value is -3.07. The molecule has 8 nitrogen and oxygen atoms in total. The average molecular weight is 443 g/mol. The number of nitrogens with one attached hydrogen (secondary N) is 1. The highest BCUT2D eigenvalue weighted by molar-refractivity contribution is 7.92. The summed E-state index contributed by atoms with van der Waals surface area (Å²) in [5.41, 5.74) is 2.00. The maximum absolute atomic E-state index is 13.1. The number of carboxylic acid groups (broad SMARTS) is 1. The highest BCUT2D eigenvalue weighted by atomic mass is 32.2. The number of hydrogen-bond donors (Lipinski definition) is 2. The predicted octanol–water partition coefficient (Wildman–Crippen LogP) is 3.47. The molecule has 1 aliphatic rings. The summed E-state index contributed by atoms with van der Waals surface area (Å²) in [5, 5.41) is 15.2. The number of aromatic nitrogens is 2. The van der Waals surface area contributed by atoms with Crippen molar-refractivity contribution >= 4 is 38.1 Å². The van der Waals surface area contributed by atoms with Crippen molar-refractivity contribution in [2.24, 2.45) is 5.92 Å². The molecule has 2 heterocycles. The standard InChI is InChI=1S/C22H26N4O4S/c1-3-11-26-15(2)21(13-23-26)31(29,30)24-19-8-9-20(18-7-5-4-6-17(18)19)25-12-10-16(14-25)22(27)28/h4-9,13,16,24H,3,10-12,14H2,1-2H3,(H,27,28)/t16-/m1/s1. The Bertz CT molecular complexity index is 1240. The minimum Gasteiger partial charge on any atom is -0.481 e. The first kappa shape index (κ1) is 21.2. The number of sulfonamides is 1. The number of benzene rings is 2. The van der Waals surface area contributed by atoms with Gasteiger partial charge in [0.25, 0.3) is 10.0 Å². The first-order valence-electron chi connectivity index (χ1n) is 10.4. The molecular weight excluding hydrogens is 416 g/mol. The second-order valence-corrected chi connectivity index (χ2v) is 9.52. The van der Waals surface area contributed by atoms with Crippen molar-refractivity contribution in [3.05, 3.63) is 48.3 Å². The van der Waals surface area contributed by atoms with Crippen LogP contribution in [0.3, 0.4) is 0 Å². The third kappa shape index (κ3) is 3.97. The second kappa shape index (κ2) is 8.22. The molecule has 0 bridgehead atoms. The van der Waals surface area contributed by atoms with E-state index in [1.165, 1.54) is 6.20 Å². The molecule has 1 aliphatic heterocycles. The van der Waals surface area contributed by atoms with Gasteiger partial charge in [0.2, 0.25) is 0 Å². The van der Waals surface area contributed by atoms with Crippen molar-refractivity contribution in [2.45, 2.75) is 38.1 Å². The normalized spacial score (nSPS) is 16.7. The molecule has 2 N–H and O–H groups in total. The fourth-order valence-corrected chi connectivity index (χ4v) is 5.42. The molecule has 9 heteroatoms. The molecule has 1 aromatic heterocycles. The summed E-state index contributed by atoms with van der Waals surface area (Å²) < 4.78 is 30.6. The van der Waals surface area contributed by atoms with E-state index in [1.54, 1.807) is 17.7 Å². The molecule has 1 atom stereocenters. The van der Waals surface area contributed by atoms with Gasteiger partial charge in [-0.3, -0.25) is 14.2 Å². The molecule has 0 unspecified atom stereocenters. The second-order valence-electron chi connectivity index (χ2n) is 7.87. The third-order valence-electron chi connectivity index (χ3n) is 5.81. The van der Waals surface area contributed by atoms with Crippen LogP contribution in [-0.4, -0.2) is 42.4 Å². The SMILES string of the molecule is CCCn1ncc(S(=O)(=O)Nc2ccc(N3CC[C@@H](C(=O)O)C3)c3ccccc23)c1C. The van der Waals surface area contributed by atoms with Crippen LogP contribution in [0, 0.1) is 12.8 Å². The summed E-state index contributed by atoms with van der Waals surface area (Å²) in [5.74, 6) is -1.17. The van der Waals surface area contributed by atoms with E-state index in [0.29, 0.717) is 37.4 Å². The van der Waals surface area contributed by atoms with Gasteiger partial charge in [-0.25, -0.2) is 8.42 Å². The molecule has 2 aromatic carbocycles. The quantitative estimate of drug-likeness (QED) is 0.581. The van der Waals surface area contributed by atoms with Crippen molar-refractivity contribution in [1.29, 1.82) is 0 Å². The zero-order valence-corrected chi connectivity index (χ0v) is 18.4. The number of fused-ring (bicyclic) bond motifs is 1. The lowest BCUT2D eigenvalue weighted by Gasteiger charge is -2.22. The Balaban J connectivity index is 1.69. The van der Waals surface area contributed by atoms with Crippen LogP contribution in [0.25, 0.3) is 10.8 Å². The Morgan fingerprint density at radius 2 is 1.97 bits per heavy atom. The van der Waals surface area contributed by atoms with Gasteiger partial charge in [-0.2, -0.15) is 5.10 Å². The predicted molar refractivity (Wildman–Crippen MR) is 120 cm³/mol. The van der Waals surface area contributed by atoms with Gasteiger partial charge >= 0.3 is 5.97 Å². The number of nitrogens with zero attached hydrogens (tertiary/aromatic N) is 3. The summed E-state index contributed by atoms with van der Waals surface area (Å²) in [4.78, 5) is 13.6. The van der Waals surface area contributed by atoms with Crippen LogP contribution in [0.5, 0.6) is 0 Å². The van der Waals surface area contributed by atoms with Crippen LogP contribution < -0.4 is 9.62 Å². The summed E-state index contributed by atoms with van der Waals surface area (Å²) in [7, 11) is -3.81. The first-order chi connectivity index (χ1) is 14.8. The van der Waals surface area contributed by atoms with Gasteiger partial charge in [0.05, 0.1) is 23.5 Å². The van der Waals surface area contributed by atoms with E-state index in [0.717, 1.165) is 22.9 Å². The summed E-state index contributed by atoms with van der Waals surface area (Å²) in [6.07, 6.45) is 2.85. The van der Waals surface area contributed by atoms with Gasteiger partial charge in [0, 0.05) is 36.1 Å². The molecular formula is C22H26N4O4S. The largest absolute Gasteiger partial charge is 0.481 e. The van der Waals surface area contributed by atoms with Gasteiger partial charge in [-0.1, -0.05) is 31.2 Å². The number of aryl methyl sites for hydroxylation is 1. The monoisotopic (exact) mass is 442 g/mol. The molecule has 3 aromatic rings. The van der Waals surface area contributed by atoms with Crippen LogP contribution in [0.2, 0.25) is 0 Å². The van der Waals surface area contributed by atoms with Crippen molar-refractivity contribution in [1.82, 2.24) is 9.78 Å². The summed E-state index contributed by atoms with van der Waals surface area (Å²) in [6, 6.07) is 11.2. The molecule has 31 heavy (non-hydrogen) atoms. The molecule has 0 saturated carbocycles. The number of hydrogen-bond acceptors (Lipinski definition) is 5. The van der Waals surface area contributed by atoms with E-state index in [9.17, 15) is 18.3 Å². The minimum absolute atomic E-state index is 0.165. The molecule has 0 radical (unpaired) electrons. The number of aliphatic carboxylic acids is 1. The number of anilines is 2. The Morgan fingerprint density at radius 1 is 1.23 bits per heavy atom. The minimum atomic E-state index is -3.81. The van der Waals surface area contributed by atoms with Gasteiger partial charge in [-0.15, -0.1) is 0 Å². The zero-order valence-electron chi connectivity index (χ0n) is 17.6. The summed E-state index contributed by atoms with van der Waals surface area (Å²) >= 11 is 0. The van der Waals surface area contributed by atoms with Crippen LogP contribution in [-0.2, 0) is 21.4 Å².